The van der Waals surface area contributed by atoms with Crippen LogP contribution in [0.2, 0.25) is 0 Å². The van der Waals surface area contributed by atoms with Crippen LogP contribution in [0.25, 0.3) is 0 Å². The van der Waals surface area contributed by atoms with E-state index in [9.17, 15) is 9.90 Å². The summed E-state index contributed by atoms with van der Waals surface area (Å²) in [6.45, 7) is 8.14. The van der Waals surface area contributed by atoms with Gasteiger partial charge in [0.15, 0.2) is 11.5 Å². The molecule has 2 aromatic carbocycles. The number of ether oxygens (including phenoxy) is 2. The Bertz CT molecular complexity index is 844. The topological polar surface area (TPSA) is 59.0 Å². The van der Waals surface area contributed by atoms with Crippen LogP contribution in [0.15, 0.2) is 36.4 Å². The van der Waals surface area contributed by atoms with Crippen molar-refractivity contribution in [1.82, 2.24) is 4.90 Å². The van der Waals surface area contributed by atoms with Gasteiger partial charge in [-0.3, -0.25) is 9.69 Å². The zero-order valence-electron chi connectivity index (χ0n) is 17.8. The first-order chi connectivity index (χ1) is 13.9. The number of benzene rings is 2. The maximum absolute atomic E-state index is 11.7. The van der Waals surface area contributed by atoms with E-state index in [4.69, 9.17) is 9.47 Å². The Morgan fingerprint density at radius 3 is 2.48 bits per heavy atom. The zero-order chi connectivity index (χ0) is 21.0. The Balaban J connectivity index is 2.06. The van der Waals surface area contributed by atoms with Crippen LogP contribution in [0.5, 0.6) is 11.5 Å². The number of carboxylic acids is 1. The van der Waals surface area contributed by atoms with Gasteiger partial charge in [-0.2, -0.15) is 0 Å². The van der Waals surface area contributed by atoms with Gasteiger partial charge in [0.1, 0.15) is 0 Å². The highest BCUT2D eigenvalue weighted by Crippen LogP contribution is 2.37. The minimum atomic E-state index is -0.710. The number of carboxylic acid groups (broad SMARTS) is 1. The van der Waals surface area contributed by atoms with Gasteiger partial charge in [0.25, 0.3) is 0 Å². The number of likely N-dealkylation sites (tertiary alicyclic amines) is 1. The summed E-state index contributed by atoms with van der Waals surface area (Å²) in [5.41, 5.74) is 4.67. The van der Waals surface area contributed by atoms with E-state index < -0.39 is 5.97 Å². The van der Waals surface area contributed by atoms with E-state index >= 15 is 0 Å². The summed E-state index contributed by atoms with van der Waals surface area (Å²) < 4.78 is 11.3. The summed E-state index contributed by atoms with van der Waals surface area (Å²) in [6.07, 6.45) is 1.62. The highest BCUT2D eigenvalue weighted by atomic mass is 16.5. The van der Waals surface area contributed by atoms with Crippen LogP contribution in [-0.4, -0.2) is 42.8 Å². The van der Waals surface area contributed by atoms with E-state index in [-0.39, 0.29) is 12.0 Å². The maximum Gasteiger partial charge on any atom is 0.307 e. The summed E-state index contributed by atoms with van der Waals surface area (Å²) >= 11 is 0. The lowest BCUT2D eigenvalue weighted by Gasteiger charge is -2.38. The average molecular weight is 398 g/mol. The molecule has 0 bridgehead atoms. The third-order valence-electron chi connectivity index (χ3n) is 5.53. The van der Waals surface area contributed by atoms with Crippen LogP contribution in [0, 0.1) is 19.8 Å². The molecule has 1 aliphatic rings. The van der Waals surface area contributed by atoms with Crippen molar-refractivity contribution >= 4 is 5.97 Å². The molecule has 3 rings (SSSR count). The van der Waals surface area contributed by atoms with Crippen molar-refractivity contribution in [3.8, 4) is 11.5 Å². The van der Waals surface area contributed by atoms with Gasteiger partial charge in [-0.1, -0.05) is 35.4 Å². The fourth-order valence-corrected chi connectivity index (χ4v) is 4.35. The Labute approximate surface area is 173 Å². The van der Waals surface area contributed by atoms with E-state index in [1.807, 2.05) is 19.1 Å². The van der Waals surface area contributed by atoms with Crippen molar-refractivity contribution in [2.45, 2.75) is 39.7 Å². The molecule has 1 fully saturated rings. The van der Waals surface area contributed by atoms with Gasteiger partial charge in [-0.15, -0.1) is 0 Å². The van der Waals surface area contributed by atoms with Crippen molar-refractivity contribution in [2.75, 3.05) is 26.8 Å². The minimum Gasteiger partial charge on any atom is -0.493 e. The number of hydrogen-bond acceptors (Lipinski definition) is 4. The lowest BCUT2D eigenvalue weighted by atomic mass is 9.90. The Morgan fingerprint density at radius 2 is 1.86 bits per heavy atom. The predicted octanol–water partition coefficient (Wildman–Crippen LogP) is 4.60. The van der Waals surface area contributed by atoms with Crippen molar-refractivity contribution in [1.29, 1.82) is 0 Å². The number of aryl methyl sites for hydroxylation is 2. The summed E-state index contributed by atoms with van der Waals surface area (Å²) in [7, 11) is 1.65. The second-order valence-electron chi connectivity index (χ2n) is 7.84. The fourth-order valence-electron chi connectivity index (χ4n) is 4.35. The van der Waals surface area contributed by atoms with E-state index in [0.717, 1.165) is 30.7 Å². The largest absolute Gasteiger partial charge is 0.493 e. The van der Waals surface area contributed by atoms with Crippen LogP contribution < -0.4 is 9.47 Å². The normalized spacial score (nSPS) is 18.3. The van der Waals surface area contributed by atoms with Crippen molar-refractivity contribution in [2.24, 2.45) is 5.92 Å². The van der Waals surface area contributed by atoms with Crippen molar-refractivity contribution in [3.05, 3.63) is 58.7 Å². The van der Waals surface area contributed by atoms with Gasteiger partial charge >= 0.3 is 5.97 Å². The summed E-state index contributed by atoms with van der Waals surface area (Å²) in [4.78, 5) is 14.0. The van der Waals surface area contributed by atoms with Gasteiger partial charge in [0.2, 0.25) is 0 Å². The lowest BCUT2D eigenvalue weighted by Crippen LogP contribution is -2.41. The maximum atomic E-state index is 11.7. The van der Waals surface area contributed by atoms with Gasteiger partial charge in [-0.25, -0.2) is 0 Å². The highest BCUT2D eigenvalue weighted by Gasteiger charge is 2.32. The Morgan fingerprint density at radius 1 is 1.14 bits per heavy atom. The van der Waals surface area contributed by atoms with Crippen LogP contribution >= 0.6 is 0 Å². The molecule has 29 heavy (non-hydrogen) atoms. The van der Waals surface area contributed by atoms with E-state index in [1.165, 1.54) is 16.7 Å². The number of piperidine rings is 1. The lowest BCUT2D eigenvalue weighted by molar-refractivity contribution is -0.143. The molecule has 2 unspecified atom stereocenters. The molecule has 1 heterocycles. The average Bonchev–Trinajstić information content (AvgIpc) is 2.69. The van der Waals surface area contributed by atoms with Gasteiger partial charge in [0.05, 0.1) is 25.7 Å². The first-order valence-electron chi connectivity index (χ1n) is 10.3. The number of methoxy groups -OCH3 is 1. The van der Waals surface area contributed by atoms with E-state index in [1.54, 1.807) is 7.11 Å². The van der Waals surface area contributed by atoms with Crippen LogP contribution in [0.3, 0.4) is 0 Å². The summed E-state index contributed by atoms with van der Waals surface area (Å²) in [5, 5.41) is 9.58. The number of rotatable bonds is 7. The quantitative estimate of drug-likeness (QED) is 0.740. The van der Waals surface area contributed by atoms with Crippen molar-refractivity contribution < 1.29 is 19.4 Å². The fraction of sp³-hybridized carbons (Fsp3) is 0.458. The van der Waals surface area contributed by atoms with E-state index in [2.05, 4.69) is 43.0 Å². The molecule has 0 saturated carbocycles. The second kappa shape index (κ2) is 9.31. The molecule has 5 heteroatoms. The molecule has 5 nitrogen and oxygen atoms in total. The number of nitrogens with zero attached hydrogens (tertiary/aromatic N) is 1. The van der Waals surface area contributed by atoms with E-state index in [0.29, 0.717) is 18.9 Å². The summed E-state index contributed by atoms with van der Waals surface area (Å²) in [5.74, 6) is 0.380. The number of carbonyl (C=O) groups is 1. The molecule has 0 amide bonds. The molecule has 156 valence electrons. The molecule has 0 aromatic heterocycles. The number of aliphatic carboxylic acids is 1. The second-order valence-corrected chi connectivity index (χ2v) is 7.84. The van der Waals surface area contributed by atoms with Gasteiger partial charge < -0.3 is 14.6 Å². The van der Waals surface area contributed by atoms with Crippen molar-refractivity contribution in [3.63, 3.8) is 0 Å². The molecule has 0 radical (unpaired) electrons. The highest BCUT2D eigenvalue weighted by molar-refractivity contribution is 5.70. The third-order valence-corrected chi connectivity index (χ3v) is 5.53. The monoisotopic (exact) mass is 397 g/mol. The summed E-state index contributed by atoms with van der Waals surface area (Å²) in [6, 6.07) is 12.6. The molecule has 1 saturated heterocycles. The first-order valence-corrected chi connectivity index (χ1v) is 10.3. The van der Waals surface area contributed by atoms with Gasteiger partial charge in [-0.05, 0) is 63.4 Å². The molecular weight excluding hydrogens is 366 g/mol. The number of hydrogen-bond donors (Lipinski definition) is 1. The SMILES string of the molecule is CCOc1ccc(C(c2cc(C)cc(C)c2)N2CCCC(C(=O)O)C2)cc1OC. The predicted molar refractivity (Wildman–Crippen MR) is 114 cm³/mol. The van der Waals surface area contributed by atoms with Crippen LogP contribution in [0.4, 0.5) is 0 Å². The third kappa shape index (κ3) is 4.91. The molecular formula is C24H31NO4. The zero-order valence-corrected chi connectivity index (χ0v) is 17.8. The molecule has 0 aliphatic carbocycles. The molecule has 0 spiro atoms. The van der Waals surface area contributed by atoms with Crippen LogP contribution in [-0.2, 0) is 4.79 Å². The Hall–Kier alpha value is -2.53. The minimum absolute atomic E-state index is 0.0275. The smallest absolute Gasteiger partial charge is 0.307 e. The van der Waals surface area contributed by atoms with Gasteiger partial charge in [0, 0.05) is 6.54 Å². The molecule has 2 aromatic rings. The molecule has 2 atom stereocenters. The molecule has 1 N–H and O–H groups in total. The standard InChI is InChI=1S/C24H31NO4/c1-5-29-21-9-8-18(14-22(21)28-4)23(20-12-16(2)11-17(3)13-20)25-10-6-7-19(15-25)24(26)27/h8-9,11-14,19,23H,5-7,10,15H2,1-4H3,(H,26,27). The molecule has 1 aliphatic heterocycles. The Kier molecular flexibility index (Phi) is 6.80. The van der Waals surface area contributed by atoms with Crippen LogP contribution in [0.1, 0.15) is 48.1 Å². The first kappa shape index (κ1) is 21.2.